The van der Waals surface area contributed by atoms with Crippen LogP contribution in [-0.4, -0.2) is 78.0 Å². The van der Waals surface area contributed by atoms with Gasteiger partial charge in [-0.1, -0.05) is 18.6 Å². The summed E-state index contributed by atoms with van der Waals surface area (Å²) < 4.78 is 0.873. The molecule has 4 heterocycles. The molecule has 2 aliphatic rings. The molecule has 37 heavy (non-hydrogen) atoms. The fraction of sp³-hybridized carbons (Fsp3) is 0.483. The van der Waals surface area contributed by atoms with Crippen molar-refractivity contribution in [3.63, 3.8) is 0 Å². The molecule has 1 aromatic carbocycles. The van der Waals surface area contributed by atoms with Crippen molar-refractivity contribution in [2.24, 2.45) is 0 Å². The van der Waals surface area contributed by atoms with Gasteiger partial charge in [-0.25, -0.2) is 4.98 Å². The van der Waals surface area contributed by atoms with Gasteiger partial charge in [0.05, 0.1) is 15.7 Å². The highest BCUT2D eigenvalue weighted by atomic mass is 79.9. The van der Waals surface area contributed by atoms with Gasteiger partial charge in [-0.05, 0) is 106 Å². The second kappa shape index (κ2) is 12.3. The number of hydrogen-bond donors (Lipinski definition) is 2. The number of likely N-dealkylation sites (tertiary alicyclic amines) is 2. The number of benzene rings is 1. The second-order valence-electron chi connectivity index (χ2n) is 10.4. The molecule has 2 aromatic heterocycles. The minimum atomic E-state index is -0.00236. The van der Waals surface area contributed by atoms with Crippen molar-refractivity contribution in [3.8, 4) is 11.3 Å². The van der Waals surface area contributed by atoms with Crippen LogP contribution < -0.4 is 10.6 Å². The van der Waals surface area contributed by atoms with Crippen LogP contribution in [0.4, 0.5) is 5.69 Å². The zero-order valence-electron chi connectivity index (χ0n) is 21.7. The van der Waals surface area contributed by atoms with Gasteiger partial charge in [-0.2, -0.15) is 0 Å². The SMILES string of the molecule is CN1CCC(NC(=O)c2ccc(-c3cc(NCCCN4CCCCC4)c4cncc(Br)c4n3)cc2)CC1. The van der Waals surface area contributed by atoms with Crippen LogP contribution in [0.5, 0.6) is 0 Å². The van der Waals surface area contributed by atoms with E-state index in [0.29, 0.717) is 5.56 Å². The quantitative estimate of drug-likeness (QED) is 0.367. The predicted molar refractivity (Wildman–Crippen MR) is 154 cm³/mol. The number of piperidine rings is 2. The summed E-state index contributed by atoms with van der Waals surface area (Å²) in [5, 5.41) is 7.85. The molecule has 0 atom stereocenters. The topological polar surface area (TPSA) is 73.4 Å². The summed E-state index contributed by atoms with van der Waals surface area (Å²) in [6.07, 6.45) is 10.8. The Hall–Kier alpha value is -2.55. The van der Waals surface area contributed by atoms with Gasteiger partial charge < -0.3 is 20.4 Å². The Morgan fingerprint density at radius 1 is 1.05 bits per heavy atom. The minimum absolute atomic E-state index is 0.00236. The standard InChI is InChI=1S/C29H37BrN6O/c1-35-16-10-23(11-17-35)33-29(37)22-8-6-21(7-9-22)26-18-27(24-19-31-20-25(30)28(24)34-26)32-12-5-15-36-13-3-2-4-14-36/h6-9,18-20,23H,2-5,10-17H2,1H3,(H,32,34)(H,33,37). The molecule has 2 fully saturated rings. The zero-order valence-corrected chi connectivity index (χ0v) is 23.3. The molecule has 2 aliphatic heterocycles. The van der Waals surface area contributed by atoms with E-state index in [9.17, 15) is 4.79 Å². The van der Waals surface area contributed by atoms with Gasteiger partial charge in [0.2, 0.25) is 0 Å². The molecule has 0 spiro atoms. The number of pyridine rings is 2. The third kappa shape index (κ3) is 6.67. The van der Waals surface area contributed by atoms with E-state index in [4.69, 9.17) is 4.98 Å². The Morgan fingerprint density at radius 3 is 2.57 bits per heavy atom. The lowest BCUT2D eigenvalue weighted by molar-refractivity contribution is 0.0917. The van der Waals surface area contributed by atoms with Crippen LogP contribution in [-0.2, 0) is 0 Å². The van der Waals surface area contributed by atoms with E-state index < -0.39 is 0 Å². The molecule has 5 rings (SSSR count). The van der Waals surface area contributed by atoms with E-state index in [1.54, 1.807) is 6.20 Å². The largest absolute Gasteiger partial charge is 0.384 e. The summed E-state index contributed by atoms with van der Waals surface area (Å²) in [7, 11) is 2.13. The average molecular weight is 566 g/mol. The van der Waals surface area contributed by atoms with Crippen LogP contribution in [0.15, 0.2) is 47.2 Å². The van der Waals surface area contributed by atoms with E-state index >= 15 is 0 Å². The Labute approximate surface area is 228 Å². The molecule has 8 heteroatoms. The summed E-state index contributed by atoms with van der Waals surface area (Å²) in [4.78, 5) is 27.0. The van der Waals surface area contributed by atoms with Crippen LogP contribution in [0.1, 0.15) is 48.9 Å². The van der Waals surface area contributed by atoms with Crippen LogP contribution >= 0.6 is 15.9 Å². The van der Waals surface area contributed by atoms with E-state index in [1.807, 2.05) is 30.5 Å². The Balaban J connectivity index is 1.29. The molecule has 196 valence electrons. The molecule has 0 saturated carbocycles. The maximum absolute atomic E-state index is 12.8. The Morgan fingerprint density at radius 2 is 1.81 bits per heavy atom. The van der Waals surface area contributed by atoms with Gasteiger partial charge in [0.1, 0.15) is 0 Å². The fourth-order valence-corrected chi connectivity index (χ4v) is 5.74. The first-order valence-corrected chi connectivity index (χ1v) is 14.4. The molecule has 0 unspecified atom stereocenters. The summed E-state index contributed by atoms with van der Waals surface area (Å²) in [6, 6.07) is 10.1. The van der Waals surface area contributed by atoms with Crippen LogP contribution in [0.2, 0.25) is 0 Å². The molecule has 0 radical (unpaired) electrons. The summed E-state index contributed by atoms with van der Waals surface area (Å²) in [6.45, 7) is 6.54. The monoisotopic (exact) mass is 564 g/mol. The number of carbonyl (C=O) groups excluding carboxylic acids is 1. The van der Waals surface area contributed by atoms with E-state index in [-0.39, 0.29) is 11.9 Å². The Kier molecular flexibility index (Phi) is 8.69. The number of hydrogen-bond acceptors (Lipinski definition) is 6. The van der Waals surface area contributed by atoms with Crippen molar-refractivity contribution in [3.05, 3.63) is 52.8 Å². The molecule has 0 bridgehead atoms. The van der Waals surface area contributed by atoms with Crippen molar-refractivity contribution in [1.29, 1.82) is 0 Å². The van der Waals surface area contributed by atoms with Crippen LogP contribution in [0, 0.1) is 0 Å². The number of nitrogens with zero attached hydrogens (tertiary/aromatic N) is 4. The normalized spacial score (nSPS) is 17.7. The van der Waals surface area contributed by atoms with Crippen molar-refractivity contribution in [2.75, 3.05) is 51.6 Å². The van der Waals surface area contributed by atoms with E-state index in [0.717, 1.165) is 77.8 Å². The van der Waals surface area contributed by atoms with Crippen molar-refractivity contribution in [2.45, 2.75) is 44.6 Å². The molecule has 3 aromatic rings. The lowest BCUT2D eigenvalue weighted by atomic mass is 10.0. The average Bonchev–Trinajstić information content (AvgIpc) is 2.93. The first kappa shape index (κ1) is 26.1. The molecular formula is C29H37BrN6O. The smallest absolute Gasteiger partial charge is 0.251 e. The van der Waals surface area contributed by atoms with Gasteiger partial charge in [0, 0.05) is 47.2 Å². The molecule has 0 aliphatic carbocycles. The van der Waals surface area contributed by atoms with Gasteiger partial charge in [0.25, 0.3) is 5.91 Å². The summed E-state index contributed by atoms with van der Waals surface area (Å²) in [5.41, 5.74) is 4.47. The highest BCUT2D eigenvalue weighted by molar-refractivity contribution is 9.10. The molecule has 1 amide bonds. The number of anilines is 1. The van der Waals surface area contributed by atoms with Gasteiger partial charge in [-0.15, -0.1) is 0 Å². The fourth-order valence-electron chi connectivity index (χ4n) is 5.32. The molecular weight excluding hydrogens is 528 g/mol. The molecule has 7 nitrogen and oxygen atoms in total. The van der Waals surface area contributed by atoms with Gasteiger partial charge in [0.15, 0.2) is 0 Å². The van der Waals surface area contributed by atoms with E-state index in [1.165, 1.54) is 32.4 Å². The van der Waals surface area contributed by atoms with Crippen molar-refractivity contribution in [1.82, 2.24) is 25.1 Å². The first-order chi connectivity index (χ1) is 18.1. The van der Waals surface area contributed by atoms with Gasteiger partial charge >= 0.3 is 0 Å². The van der Waals surface area contributed by atoms with Gasteiger partial charge in [-0.3, -0.25) is 9.78 Å². The lowest BCUT2D eigenvalue weighted by Gasteiger charge is -2.29. The number of carbonyl (C=O) groups is 1. The number of rotatable bonds is 8. The van der Waals surface area contributed by atoms with Crippen molar-refractivity contribution < 1.29 is 4.79 Å². The number of aromatic nitrogens is 2. The van der Waals surface area contributed by atoms with Crippen LogP contribution in [0.3, 0.4) is 0 Å². The molecule has 2 saturated heterocycles. The lowest BCUT2D eigenvalue weighted by Crippen LogP contribution is -2.43. The van der Waals surface area contributed by atoms with Crippen LogP contribution in [0.25, 0.3) is 22.2 Å². The minimum Gasteiger partial charge on any atom is -0.384 e. The third-order valence-electron chi connectivity index (χ3n) is 7.59. The molecule has 2 N–H and O–H groups in total. The summed E-state index contributed by atoms with van der Waals surface area (Å²) in [5.74, 6) is -0.00236. The zero-order chi connectivity index (χ0) is 25.6. The second-order valence-corrected chi connectivity index (χ2v) is 11.2. The number of halogens is 1. The number of nitrogens with one attached hydrogen (secondary N) is 2. The number of fused-ring (bicyclic) bond motifs is 1. The maximum Gasteiger partial charge on any atom is 0.251 e. The van der Waals surface area contributed by atoms with Crippen molar-refractivity contribution >= 4 is 38.4 Å². The highest BCUT2D eigenvalue weighted by Crippen LogP contribution is 2.31. The van der Waals surface area contributed by atoms with E-state index in [2.05, 4.69) is 54.5 Å². The first-order valence-electron chi connectivity index (χ1n) is 13.6. The maximum atomic E-state index is 12.8. The Bertz CT molecular complexity index is 1200. The predicted octanol–water partition coefficient (Wildman–Crippen LogP) is 5.17. The highest BCUT2D eigenvalue weighted by Gasteiger charge is 2.19. The third-order valence-corrected chi connectivity index (χ3v) is 8.17. The number of amides is 1. The summed E-state index contributed by atoms with van der Waals surface area (Å²) >= 11 is 3.64.